The van der Waals surface area contributed by atoms with E-state index in [0.29, 0.717) is 5.69 Å². The maximum atomic E-state index is 10.7. The van der Waals surface area contributed by atoms with Crippen molar-refractivity contribution in [1.82, 2.24) is 0 Å². The first-order valence-corrected chi connectivity index (χ1v) is 11.8. The van der Waals surface area contributed by atoms with Gasteiger partial charge in [0.1, 0.15) is 0 Å². The highest BCUT2D eigenvalue weighted by atomic mass is 16.6. The Bertz CT molecular complexity index is 837. The normalized spacial score (nSPS) is 11.8. The van der Waals surface area contributed by atoms with E-state index in [2.05, 4.69) is 55.1 Å². The van der Waals surface area contributed by atoms with Gasteiger partial charge in [0.15, 0.2) is 0 Å². The number of nitrogens with zero attached hydrogens (tertiary/aromatic N) is 5. The number of azo groups is 1. The zero-order valence-corrected chi connectivity index (χ0v) is 20.0. The number of nitro benzene ring substituents is 1. The van der Waals surface area contributed by atoms with Crippen molar-refractivity contribution in [2.24, 2.45) is 10.2 Å². The van der Waals surface area contributed by atoms with Crippen LogP contribution in [0.15, 0.2) is 58.8 Å². The Morgan fingerprint density at radius 2 is 1.31 bits per heavy atom. The zero-order valence-electron chi connectivity index (χ0n) is 20.0. The molecule has 0 aromatic heterocycles. The van der Waals surface area contributed by atoms with Gasteiger partial charge >= 0.3 is 0 Å². The number of hydrogen-bond donors (Lipinski definition) is 0. The van der Waals surface area contributed by atoms with Gasteiger partial charge in [-0.3, -0.25) is 10.1 Å². The summed E-state index contributed by atoms with van der Waals surface area (Å²) in [4.78, 5) is 12.6. The van der Waals surface area contributed by atoms with Gasteiger partial charge < -0.3 is 9.38 Å². The van der Waals surface area contributed by atoms with Crippen molar-refractivity contribution in [1.29, 1.82) is 0 Å². The number of hydrogen-bond acceptors (Lipinski definition) is 5. The molecule has 2 aromatic rings. The Morgan fingerprint density at radius 1 is 0.812 bits per heavy atom. The number of rotatable bonds is 14. The summed E-state index contributed by atoms with van der Waals surface area (Å²) < 4.78 is 1.24. The Morgan fingerprint density at radius 3 is 1.81 bits per heavy atom. The fourth-order valence-electron chi connectivity index (χ4n) is 3.95. The summed E-state index contributed by atoms with van der Waals surface area (Å²) in [5, 5.41) is 19.1. The van der Waals surface area contributed by atoms with E-state index < -0.39 is 4.92 Å². The van der Waals surface area contributed by atoms with Crippen molar-refractivity contribution in [3.05, 3.63) is 58.6 Å². The van der Waals surface area contributed by atoms with E-state index in [1.165, 1.54) is 68.5 Å². The molecule has 2 rings (SSSR count). The van der Waals surface area contributed by atoms with Crippen LogP contribution in [-0.2, 0) is 0 Å². The zero-order chi connectivity index (χ0) is 23.4. The van der Waals surface area contributed by atoms with Crippen LogP contribution in [0.3, 0.4) is 0 Å². The van der Waals surface area contributed by atoms with Crippen molar-refractivity contribution >= 4 is 22.7 Å². The molecule has 0 radical (unpaired) electrons. The Labute approximate surface area is 192 Å². The minimum absolute atomic E-state index is 0.0477. The molecule has 2 aromatic carbocycles. The predicted octanol–water partition coefficient (Wildman–Crippen LogP) is 6.88. The highest BCUT2D eigenvalue weighted by Crippen LogP contribution is 2.23. The third-order valence-corrected chi connectivity index (χ3v) is 6.52. The van der Waals surface area contributed by atoms with E-state index in [1.807, 2.05) is 12.1 Å². The van der Waals surface area contributed by atoms with Gasteiger partial charge in [-0.05, 0) is 76.4 Å². The molecular formula is C25H38N5O2+. The molecule has 32 heavy (non-hydrogen) atoms. The first-order valence-electron chi connectivity index (χ1n) is 11.8. The molecule has 0 fully saturated rings. The third-order valence-electron chi connectivity index (χ3n) is 6.52. The maximum absolute atomic E-state index is 10.7. The third kappa shape index (κ3) is 7.71. The second-order valence-electron chi connectivity index (χ2n) is 8.34. The van der Waals surface area contributed by atoms with Gasteiger partial charge in [-0.2, -0.15) is 10.2 Å². The number of quaternary nitrogens is 1. The molecule has 0 aliphatic rings. The monoisotopic (exact) mass is 440 g/mol. The van der Waals surface area contributed by atoms with Crippen LogP contribution in [-0.4, -0.2) is 49.2 Å². The lowest BCUT2D eigenvalue weighted by Crippen LogP contribution is -2.48. The molecule has 0 unspecified atom stereocenters. The summed E-state index contributed by atoms with van der Waals surface area (Å²) in [5.41, 5.74) is 2.55. The lowest BCUT2D eigenvalue weighted by atomic mass is 10.1. The maximum Gasteiger partial charge on any atom is 0.269 e. The van der Waals surface area contributed by atoms with E-state index in [-0.39, 0.29) is 5.69 Å². The average molecular weight is 441 g/mol. The van der Waals surface area contributed by atoms with Gasteiger partial charge in [0.25, 0.3) is 5.69 Å². The van der Waals surface area contributed by atoms with Crippen molar-refractivity contribution < 1.29 is 9.41 Å². The second-order valence-corrected chi connectivity index (χ2v) is 8.34. The molecule has 0 aliphatic carbocycles. The van der Waals surface area contributed by atoms with Crippen LogP contribution >= 0.6 is 0 Å². The van der Waals surface area contributed by atoms with Gasteiger partial charge in [0.2, 0.25) is 0 Å². The molecule has 174 valence electrons. The Hall–Kier alpha value is -2.80. The quantitative estimate of drug-likeness (QED) is 0.106. The minimum Gasteiger partial charge on any atom is -0.375 e. The van der Waals surface area contributed by atoms with Crippen LogP contribution in [0.25, 0.3) is 0 Å². The van der Waals surface area contributed by atoms with Gasteiger partial charge in [0, 0.05) is 31.4 Å². The van der Waals surface area contributed by atoms with Crippen LogP contribution in [0.2, 0.25) is 0 Å². The topological polar surface area (TPSA) is 71.1 Å². The van der Waals surface area contributed by atoms with Gasteiger partial charge in [-0.1, -0.05) is 6.42 Å². The van der Waals surface area contributed by atoms with Gasteiger partial charge in [-0.15, -0.1) is 0 Å². The SMILES string of the molecule is CC[N+](CC)(CC)CCCCCCN(C)c1ccc(N=Nc2ccc([N+](=O)[O-])cc2)cc1. The summed E-state index contributed by atoms with van der Waals surface area (Å²) in [6.45, 7) is 13.0. The molecule has 0 spiro atoms. The smallest absolute Gasteiger partial charge is 0.269 e. The molecule has 7 nitrogen and oxygen atoms in total. The fraction of sp³-hybridized carbons (Fsp3) is 0.520. The van der Waals surface area contributed by atoms with Crippen LogP contribution < -0.4 is 4.90 Å². The van der Waals surface area contributed by atoms with E-state index in [0.717, 1.165) is 17.9 Å². The Balaban J connectivity index is 1.74. The van der Waals surface area contributed by atoms with Crippen molar-refractivity contribution in [2.45, 2.75) is 46.5 Å². The van der Waals surface area contributed by atoms with Crippen LogP contribution in [0, 0.1) is 10.1 Å². The highest BCUT2D eigenvalue weighted by Gasteiger charge is 2.19. The first kappa shape index (κ1) is 25.5. The second kappa shape index (κ2) is 12.9. The van der Waals surface area contributed by atoms with Crippen LogP contribution in [0.5, 0.6) is 0 Å². The number of non-ortho nitro benzene ring substituents is 1. The van der Waals surface area contributed by atoms with E-state index in [9.17, 15) is 10.1 Å². The molecule has 0 aliphatic heterocycles. The molecule has 0 atom stereocenters. The summed E-state index contributed by atoms with van der Waals surface area (Å²) in [6.07, 6.45) is 5.08. The van der Waals surface area contributed by atoms with Crippen molar-refractivity contribution in [2.75, 3.05) is 44.7 Å². The number of anilines is 1. The lowest BCUT2D eigenvalue weighted by molar-refractivity contribution is -0.923. The molecule has 0 heterocycles. The summed E-state index contributed by atoms with van der Waals surface area (Å²) in [7, 11) is 2.13. The fourth-order valence-corrected chi connectivity index (χ4v) is 3.95. The molecule has 0 saturated carbocycles. The van der Waals surface area contributed by atoms with E-state index in [1.54, 1.807) is 12.1 Å². The molecule has 7 heteroatoms. The molecule has 0 amide bonds. The van der Waals surface area contributed by atoms with E-state index in [4.69, 9.17) is 0 Å². The molecule has 0 bridgehead atoms. The standard InChI is InChI=1S/C25H38N5O2/c1-5-30(6-2,7-3)21-11-9-8-10-20-28(4)24-16-12-22(13-17-24)26-27-23-14-18-25(19-15-23)29(31)32/h12-19H,5-11,20-21H2,1-4H3/q+1. The summed E-state index contributed by atoms with van der Waals surface area (Å²) in [6, 6.07) is 14.0. The average Bonchev–Trinajstić information content (AvgIpc) is 2.83. The largest absolute Gasteiger partial charge is 0.375 e. The first-order chi connectivity index (χ1) is 15.4. The number of unbranched alkanes of at least 4 members (excludes halogenated alkanes) is 3. The molecular weight excluding hydrogens is 402 g/mol. The Kier molecular flexibility index (Phi) is 10.3. The molecule has 0 N–H and O–H groups in total. The minimum atomic E-state index is -0.425. The number of nitro groups is 1. The van der Waals surface area contributed by atoms with Gasteiger partial charge in [-0.25, -0.2) is 0 Å². The number of benzene rings is 2. The predicted molar refractivity (Wildman–Crippen MR) is 132 cm³/mol. The van der Waals surface area contributed by atoms with E-state index >= 15 is 0 Å². The lowest BCUT2D eigenvalue weighted by Gasteiger charge is -2.35. The van der Waals surface area contributed by atoms with Crippen molar-refractivity contribution in [3.63, 3.8) is 0 Å². The van der Waals surface area contributed by atoms with Crippen molar-refractivity contribution in [3.8, 4) is 0 Å². The van der Waals surface area contributed by atoms with Crippen LogP contribution in [0.1, 0.15) is 46.5 Å². The summed E-state index contributed by atoms with van der Waals surface area (Å²) >= 11 is 0. The summed E-state index contributed by atoms with van der Waals surface area (Å²) in [5.74, 6) is 0. The van der Waals surface area contributed by atoms with Crippen LogP contribution in [0.4, 0.5) is 22.7 Å². The van der Waals surface area contributed by atoms with Gasteiger partial charge in [0.05, 0.1) is 42.5 Å². The highest BCUT2D eigenvalue weighted by molar-refractivity contribution is 5.52. The molecule has 0 saturated heterocycles.